The van der Waals surface area contributed by atoms with Crippen molar-refractivity contribution in [2.45, 2.75) is 103 Å². The number of aliphatic hydroxyl groups is 1. The largest absolute Gasteiger partial charge is 0.504 e. The molecule has 5 fully saturated rings. The molecule has 8 rings (SSSR count). The SMILES string of the molecule is CC(C)(C)C(C)(O)[C@H]1C[C@@]23CC[C@@]1(C)[C@@H]1Oc4c(O)ccc5c4[C@@]12CC[N@+](C)(CC1CC1)[C@@H]3C5. The van der Waals surface area contributed by atoms with E-state index in [1.807, 2.05) is 6.07 Å². The third-order valence-electron chi connectivity index (χ3n) is 12.7. The summed E-state index contributed by atoms with van der Waals surface area (Å²) in [5.41, 5.74) is 1.80. The summed E-state index contributed by atoms with van der Waals surface area (Å²) in [5, 5.41) is 23.2. The molecule has 186 valence electrons. The van der Waals surface area contributed by atoms with E-state index in [4.69, 9.17) is 4.74 Å². The molecule has 8 atom stereocenters. The first-order valence-corrected chi connectivity index (χ1v) is 13.9. The predicted octanol–water partition coefficient (Wildman–Crippen LogP) is 5.18. The van der Waals surface area contributed by atoms with Crippen molar-refractivity contribution in [2.75, 3.05) is 20.1 Å². The second-order valence-corrected chi connectivity index (χ2v) is 15.0. The number of phenolic OH excluding ortho intramolecular Hbond substituents is 1. The van der Waals surface area contributed by atoms with Gasteiger partial charge in [-0.05, 0) is 62.0 Å². The van der Waals surface area contributed by atoms with Crippen molar-refractivity contribution >= 4 is 0 Å². The Morgan fingerprint density at radius 3 is 2.53 bits per heavy atom. The number of quaternary nitrogens is 1. The highest BCUT2D eigenvalue weighted by Gasteiger charge is 2.83. The number of phenols is 1. The highest BCUT2D eigenvalue weighted by atomic mass is 16.5. The van der Waals surface area contributed by atoms with E-state index in [2.05, 4.69) is 47.7 Å². The Bertz CT molecular complexity index is 1090. The topological polar surface area (TPSA) is 49.7 Å². The number of rotatable bonds is 3. The molecule has 4 saturated carbocycles. The van der Waals surface area contributed by atoms with E-state index in [9.17, 15) is 10.2 Å². The van der Waals surface area contributed by atoms with Gasteiger partial charge >= 0.3 is 0 Å². The molecule has 2 spiro atoms. The number of benzene rings is 1. The molecule has 1 aromatic rings. The van der Waals surface area contributed by atoms with Crippen molar-refractivity contribution in [3.8, 4) is 11.5 Å². The fourth-order valence-corrected chi connectivity index (χ4v) is 10.4. The van der Waals surface area contributed by atoms with Gasteiger partial charge < -0.3 is 19.4 Å². The molecular formula is C30H44NO3+. The van der Waals surface area contributed by atoms with Crippen LogP contribution in [0.3, 0.4) is 0 Å². The molecular weight excluding hydrogens is 422 g/mol. The molecule has 0 radical (unpaired) electrons. The average molecular weight is 467 g/mol. The van der Waals surface area contributed by atoms with Gasteiger partial charge in [0.1, 0.15) is 6.10 Å². The molecule has 34 heavy (non-hydrogen) atoms. The molecule has 4 nitrogen and oxygen atoms in total. The lowest BCUT2D eigenvalue weighted by atomic mass is 9.31. The first kappa shape index (κ1) is 22.0. The zero-order valence-corrected chi connectivity index (χ0v) is 22.1. The van der Waals surface area contributed by atoms with Crippen LogP contribution in [0.4, 0.5) is 0 Å². The standard InChI is InChI=1S/C30H43NO3/c1-26(2,3)28(5,33)21-16-29-12-11-27(21,4)25-30(29)13-14-31(6,17-18-7-8-18)22(29)15-19-9-10-20(32)24(34-25)23(19)30/h9-10,18,21-22,25,33H,7-8,11-17H2,1-6H3/p+1/t21-,22+,25-,27+,28?,29+,30-,31+/m0/s1. The number of aromatic hydroxyl groups is 1. The lowest BCUT2D eigenvalue weighted by Gasteiger charge is -2.76. The zero-order valence-electron chi connectivity index (χ0n) is 22.1. The maximum absolute atomic E-state index is 12.2. The predicted molar refractivity (Wildman–Crippen MR) is 133 cm³/mol. The monoisotopic (exact) mass is 466 g/mol. The average Bonchev–Trinajstić information content (AvgIpc) is 3.47. The number of hydrogen-bond acceptors (Lipinski definition) is 3. The van der Waals surface area contributed by atoms with E-state index in [1.54, 1.807) is 0 Å². The summed E-state index contributed by atoms with van der Waals surface area (Å²) >= 11 is 0. The van der Waals surface area contributed by atoms with Crippen molar-refractivity contribution in [2.24, 2.45) is 28.1 Å². The van der Waals surface area contributed by atoms with E-state index < -0.39 is 5.60 Å². The van der Waals surface area contributed by atoms with Crippen molar-refractivity contribution in [1.29, 1.82) is 0 Å². The Morgan fingerprint density at radius 1 is 1.12 bits per heavy atom. The molecule has 1 saturated heterocycles. The van der Waals surface area contributed by atoms with Crippen molar-refractivity contribution < 1.29 is 19.4 Å². The first-order valence-electron chi connectivity index (χ1n) is 13.9. The van der Waals surface area contributed by atoms with Gasteiger partial charge in [0.05, 0.1) is 37.2 Å². The Hall–Kier alpha value is -1.26. The van der Waals surface area contributed by atoms with Crippen LogP contribution in [0.25, 0.3) is 0 Å². The normalized spacial score (nSPS) is 47.7. The van der Waals surface area contributed by atoms with Gasteiger partial charge in [-0.1, -0.05) is 33.8 Å². The van der Waals surface area contributed by atoms with Crippen LogP contribution in [-0.2, 0) is 11.8 Å². The van der Waals surface area contributed by atoms with Crippen molar-refractivity contribution in [3.05, 3.63) is 23.3 Å². The lowest BCUT2D eigenvalue weighted by molar-refractivity contribution is -0.952. The van der Waals surface area contributed by atoms with E-state index in [-0.39, 0.29) is 33.7 Å². The number of nitrogens with zero attached hydrogens (tertiary/aromatic N) is 1. The molecule has 5 aliphatic carbocycles. The van der Waals surface area contributed by atoms with Crippen molar-refractivity contribution in [1.82, 2.24) is 0 Å². The van der Waals surface area contributed by atoms with Crippen LogP contribution in [-0.4, -0.2) is 52.6 Å². The number of ether oxygens (including phenoxy) is 1. The van der Waals surface area contributed by atoms with Gasteiger partial charge in [-0.25, -0.2) is 0 Å². The van der Waals surface area contributed by atoms with Gasteiger partial charge in [-0.2, -0.15) is 0 Å². The number of hydrogen-bond donors (Lipinski definition) is 2. The summed E-state index contributed by atoms with van der Waals surface area (Å²) in [6.45, 7) is 13.7. The van der Waals surface area contributed by atoms with Crippen LogP contribution in [0.15, 0.2) is 12.1 Å². The van der Waals surface area contributed by atoms with Gasteiger partial charge in [-0.15, -0.1) is 0 Å². The Kier molecular flexibility index (Phi) is 3.87. The van der Waals surface area contributed by atoms with Gasteiger partial charge in [0.2, 0.25) is 0 Å². The molecule has 4 heteroatoms. The fraction of sp³-hybridized carbons (Fsp3) is 0.800. The molecule has 1 unspecified atom stereocenters. The third-order valence-corrected chi connectivity index (χ3v) is 12.7. The van der Waals surface area contributed by atoms with E-state index in [0.29, 0.717) is 11.8 Å². The van der Waals surface area contributed by atoms with Crippen LogP contribution >= 0.6 is 0 Å². The van der Waals surface area contributed by atoms with Gasteiger partial charge in [0.25, 0.3) is 0 Å². The second kappa shape index (κ2) is 5.99. The van der Waals surface area contributed by atoms with E-state index in [1.165, 1.54) is 48.0 Å². The van der Waals surface area contributed by atoms with Gasteiger partial charge in [0, 0.05) is 35.2 Å². The third kappa shape index (κ3) is 2.22. The molecule has 1 aromatic carbocycles. The second-order valence-electron chi connectivity index (χ2n) is 15.0. The molecule has 0 amide bonds. The smallest absolute Gasteiger partial charge is 0.165 e. The van der Waals surface area contributed by atoms with E-state index >= 15 is 0 Å². The van der Waals surface area contributed by atoms with Crippen LogP contribution in [0.1, 0.15) is 84.3 Å². The van der Waals surface area contributed by atoms with Gasteiger partial charge in [0.15, 0.2) is 11.5 Å². The zero-order chi connectivity index (χ0) is 24.1. The van der Waals surface area contributed by atoms with Crippen LogP contribution in [0, 0.1) is 28.1 Å². The summed E-state index contributed by atoms with van der Waals surface area (Å²) in [6.07, 6.45) is 8.52. The Balaban J connectivity index is 1.48. The summed E-state index contributed by atoms with van der Waals surface area (Å²) in [4.78, 5) is 0. The number of likely N-dealkylation sites (tertiary alicyclic amines) is 1. The molecule has 7 aliphatic rings. The summed E-state index contributed by atoms with van der Waals surface area (Å²) in [6, 6.07) is 4.66. The minimum absolute atomic E-state index is 0.0158. The van der Waals surface area contributed by atoms with Crippen LogP contribution in [0.2, 0.25) is 0 Å². The van der Waals surface area contributed by atoms with Crippen molar-refractivity contribution in [3.63, 3.8) is 0 Å². The van der Waals surface area contributed by atoms with Crippen LogP contribution in [0.5, 0.6) is 11.5 Å². The van der Waals surface area contributed by atoms with Crippen LogP contribution < -0.4 is 4.74 Å². The maximum atomic E-state index is 12.2. The molecule has 2 aliphatic heterocycles. The fourth-order valence-electron chi connectivity index (χ4n) is 10.4. The van der Waals surface area contributed by atoms with Gasteiger partial charge in [-0.3, -0.25) is 0 Å². The molecule has 4 bridgehead atoms. The number of piperidine rings is 1. The van der Waals surface area contributed by atoms with E-state index in [0.717, 1.165) is 37.4 Å². The summed E-state index contributed by atoms with van der Waals surface area (Å²) in [5.74, 6) is 2.18. The molecule has 2 N–H and O–H groups in total. The summed E-state index contributed by atoms with van der Waals surface area (Å²) in [7, 11) is 2.56. The molecule has 2 heterocycles. The quantitative estimate of drug-likeness (QED) is 0.604. The first-order chi connectivity index (χ1) is 15.8. The number of likely N-dealkylation sites (N-methyl/N-ethyl adjacent to an activating group) is 1. The highest BCUT2D eigenvalue weighted by molar-refractivity contribution is 5.62. The Labute approximate surface area is 205 Å². The summed E-state index contributed by atoms with van der Waals surface area (Å²) < 4.78 is 8.16. The lowest BCUT2D eigenvalue weighted by Crippen LogP contribution is -2.82. The number of fused-ring (bicyclic) bond motifs is 2. The highest BCUT2D eigenvalue weighted by Crippen LogP contribution is 2.80. The minimum atomic E-state index is -0.786. The minimum Gasteiger partial charge on any atom is -0.504 e. The molecule has 0 aromatic heterocycles. The maximum Gasteiger partial charge on any atom is 0.165 e. The Morgan fingerprint density at radius 2 is 1.85 bits per heavy atom.